The van der Waals surface area contributed by atoms with Crippen LogP contribution in [0.3, 0.4) is 0 Å². The molecule has 1 fully saturated rings. The van der Waals surface area contributed by atoms with Crippen LogP contribution in [0.5, 0.6) is 0 Å². The Labute approximate surface area is 134 Å². The lowest BCUT2D eigenvalue weighted by Crippen LogP contribution is -2.47. The molecule has 6 nitrogen and oxygen atoms in total. The Hall–Kier alpha value is -2.21. The molecule has 1 aromatic carbocycles. The molecule has 0 radical (unpaired) electrons. The summed E-state index contributed by atoms with van der Waals surface area (Å²) in [6, 6.07) is 7.37. The summed E-state index contributed by atoms with van der Waals surface area (Å²) in [7, 11) is 0. The number of morpholine rings is 1. The molecule has 2 heterocycles. The zero-order chi connectivity index (χ0) is 16.4. The molecule has 0 saturated carbocycles. The normalized spacial score (nSPS) is 18.3. The Morgan fingerprint density at radius 1 is 1.39 bits per heavy atom. The lowest BCUT2D eigenvalue weighted by atomic mass is 10.2. The van der Waals surface area contributed by atoms with Crippen LogP contribution in [-0.4, -0.2) is 46.2 Å². The number of ether oxygens (including phenoxy) is 1. The SMILES string of the molecule is Cc1nc2ccccc2c(=O)n1CCC(=O)N1CCOC[C@H]1C. The highest BCUT2D eigenvalue weighted by atomic mass is 16.5. The summed E-state index contributed by atoms with van der Waals surface area (Å²) in [5.41, 5.74) is 0.607. The number of para-hydroxylation sites is 1. The van der Waals surface area contributed by atoms with Crippen LogP contribution < -0.4 is 5.56 Å². The zero-order valence-electron chi connectivity index (χ0n) is 13.5. The van der Waals surface area contributed by atoms with Crippen molar-refractivity contribution in [2.75, 3.05) is 19.8 Å². The highest BCUT2D eigenvalue weighted by molar-refractivity contribution is 5.78. The van der Waals surface area contributed by atoms with Gasteiger partial charge >= 0.3 is 0 Å². The number of amides is 1. The predicted octanol–water partition coefficient (Wildman–Crippen LogP) is 1.34. The molecule has 1 aromatic heterocycles. The molecule has 1 aliphatic rings. The van der Waals surface area contributed by atoms with Gasteiger partial charge in [-0.3, -0.25) is 14.2 Å². The van der Waals surface area contributed by atoms with Crippen LogP contribution in [-0.2, 0) is 16.1 Å². The van der Waals surface area contributed by atoms with Crippen LogP contribution in [0, 0.1) is 6.92 Å². The van der Waals surface area contributed by atoms with Crippen molar-refractivity contribution in [1.29, 1.82) is 0 Å². The van der Waals surface area contributed by atoms with E-state index in [1.807, 2.05) is 30.0 Å². The van der Waals surface area contributed by atoms with E-state index in [2.05, 4.69) is 4.98 Å². The molecule has 3 rings (SSSR count). The van der Waals surface area contributed by atoms with Gasteiger partial charge in [0, 0.05) is 19.5 Å². The third-order valence-electron chi connectivity index (χ3n) is 4.29. The van der Waals surface area contributed by atoms with E-state index in [-0.39, 0.29) is 17.5 Å². The van der Waals surface area contributed by atoms with Crippen molar-refractivity contribution in [3.05, 3.63) is 40.4 Å². The first-order valence-electron chi connectivity index (χ1n) is 7.91. The maximum atomic E-state index is 12.6. The van der Waals surface area contributed by atoms with Crippen LogP contribution in [0.4, 0.5) is 0 Å². The molecule has 23 heavy (non-hydrogen) atoms. The molecular formula is C17H21N3O3. The van der Waals surface area contributed by atoms with Crippen molar-refractivity contribution in [2.24, 2.45) is 0 Å². The molecule has 122 valence electrons. The van der Waals surface area contributed by atoms with Crippen LogP contribution in [0.1, 0.15) is 19.2 Å². The Bertz CT molecular complexity index is 784. The van der Waals surface area contributed by atoms with E-state index in [0.29, 0.717) is 49.5 Å². The fraction of sp³-hybridized carbons (Fsp3) is 0.471. The highest BCUT2D eigenvalue weighted by Gasteiger charge is 2.23. The van der Waals surface area contributed by atoms with Crippen LogP contribution in [0.15, 0.2) is 29.1 Å². The van der Waals surface area contributed by atoms with Crippen molar-refractivity contribution in [1.82, 2.24) is 14.5 Å². The van der Waals surface area contributed by atoms with Crippen LogP contribution in [0.2, 0.25) is 0 Å². The minimum atomic E-state index is -0.0871. The van der Waals surface area contributed by atoms with E-state index in [9.17, 15) is 9.59 Å². The molecule has 0 bridgehead atoms. The number of rotatable bonds is 3. The number of nitrogens with zero attached hydrogens (tertiary/aromatic N) is 3. The number of aryl methyl sites for hydroxylation is 1. The maximum absolute atomic E-state index is 12.6. The molecule has 1 atom stereocenters. The van der Waals surface area contributed by atoms with Crippen LogP contribution >= 0.6 is 0 Å². The molecule has 6 heteroatoms. The van der Waals surface area contributed by atoms with E-state index in [1.165, 1.54) is 0 Å². The minimum Gasteiger partial charge on any atom is -0.377 e. The van der Waals surface area contributed by atoms with E-state index < -0.39 is 0 Å². The third kappa shape index (κ3) is 3.12. The Morgan fingerprint density at radius 3 is 2.96 bits per heavy atom. The van der Waals surface area contributed by atoms with E-state index in [1.54, 1.807) is 17.6 Å². The summed E-state index contributed by atoms with van der Waals surface area (Å²) >= 11 is 0. The lowest BCUT2D eigenvalue weighted by molar-refractivity contribution is -0.139. The number of carbonyl (C=O) groups is 1. The second-order valence-corrected chi connectivity index (χ2v) is 5.89. The molecular weight excluding hydrogens is 294 g/mol. The van der Waals surface area contributed by atoms with Gasteiger partial charge in [0.2, 0.25) is 5.91 Å². The summed E-state index contributed by atoms with van der Waals surface area (Å²) < 4.78 is 6.94. The highest BCUT2D eigenvalue weighted by Crippen LogP contribution is 2.10. The molecule has 1 aliphatic heterocycles. The summed E-state index contributed by atoms with van der Waals surface area (Å²) in [4.78, 5) is 31.3. The number of hydrogen-bond acceptors (Lipinski definition) is 4. The molecule has 0 N–H and O–H groups in total. The molecule has 2 aromatic rings. The summed E-state index contributed by atoms with van der Waals surface area (Å²) in [5, 5.41) is 0.588. The Kier molecular flexibility index (Phi) is 4.43. The second-order valence-electron chi connectivity index (χ2n) is 5.89. The van der Waals surface area contributed by atoms with Gasteiger partial charge in [-0.1, -0.05) is 12.1 Å². The summed E-state index contributed by atoms with van der Waals surface area (Å²) in [6.45, 7) is 5.89. The van der Waals surface area contributed by atoms with Gasteiger partial charge in [0.1, 0.15) is 5.82 Å². The van der Waals surface area contributed by atoms with Crippen molar-refractivity contribution in [3.63, 3.8) is 0 Å². The Morgan fingerprint density at radius 2 is 2.17 bits per heavy atom. The van der Waals surface area contributed by atoms with Gasteiger partial charge in [-0.15, -0.1) is 0 Å². The first-order chi connectivity index (χ1) is 11.1. The number of fused-ring (bicyclic) bond motifs is 1. The molecule has 0 unspecified atom stereocenters. The van der Waals surface area contributed by atoms with Gasteiger partial charge in [0.25, 0.3) is 5.56 Å². The zero-order valence-corrected chi connectivity index (χ0v) is 13.5. The fourth-order valence-electron chi connectivity index (χ4n) is 2.99. The monoisotopic (exact) mass is 315 g/mol. The lowest BCUT2D eigenvalue weighted by Gasteiger charge is -2.33. The number of aromatic nitrogens is 2. The summed E-state index contributed by atoms with van der Waals surface area (Å²) in [5.74, 6) is 0.691. The summed E-state index contributed by atoms with van der Waals surface area (Å²) in [6.07, 6.45) is 0.297. The minimum absolute atomic E-state index is 0.0558. The van der Waals surface area contributed by atoms with Gasteiger partial charge < -0.3 is 9.64 Å². The molecule has 1 saturated heterocycles. The van der Waals surface area contributed by atoms with Crippen molar-refractivity contribution in [2.45, 2.75) is 32.9 Å². The average Bonchev–Trinajstić information content (AvgIpc) is 2.55. The van der Waals surface area contributed by atoms with Crippen molar-refractivity contribution in [3.8, 4) is 0 Å². The van der Waals surface area contributed by atoms with Gasteiger partial charge in [0.15, 0.2) is 0 Å². The van der Waals surface area contributed by atoms with Gasteiger partial charge in [-0.2, -0.15) is 0 Å². The van der Waals surface area contributed by atoms with Gasteiger partial charge in [-0.05, 0) is 26.0 Å². The molecule has 0 aliphatic carbocycles. The second kappa shape index (κ2) is 6.50. The third-order valence-corrected chi connectivity index (χ3v) is 4.29. The maximum Gasteiger partial charge on any atom is 0.261 e. The Balaban J connectivity index is 1.79. The quantitative estimate of drug-likeness (QED) is 0.857. The largest absolute Gasteiger partial charge is 0.377 e. The van der Waals surface area contributed by atoms with Crippen molar-refractivity contribution < 1.29 is 9.53 Å². The van der Waals surface area contributed by atoms with E-state index >= 15 is 0 Å². The van der Waals surface area contributed by atoms with E-state index in [0.717, 1.165) is 0 Å². The number of hydrogen-bond donors (Lipinski definition) is 0. The fourth-order valence-corrected chi connectivity index (χ4v) is 2.99. The van der Waals surface area contributed by atoms with Gasteiger partial charge in [-0.25, -0.2) is 4.98 Å². The predicted molar refractivity (Wildman–Crippen MR) is 87.4 cm³/mol. The standard InChI is InChI=1S/C17H21N3O3/c1-12-11-23-10-9-19(12)16(21)7-8-20-13(2)18-15-6-4-3-5-14(15)17(20)22/h3-6,12H,7-11H2,1-2H3/t12-/m1/s1. The molecule has 0 spiro atoms. The van der Waals surface area contributed by atoms with Crippen LogP contribution in [0.25, 0.3) is 10.9 Å². The first-order valence-corrected chi connectivity index (χ1v) is 7.91. The smallest absolute Gasteiger partial charge is 0.261 e. The number of benzene rings is 1. The first kappa shape index (κ1) is 15.7. The number of carbonyl (C=O) groups excluding carboxylic acids is 1. The molecule has 1 amide bonds. The topological polar surface area (TPSA) is 64.4 Å². The van der Waals surface area contributed by atoms with Crippen molar-refractivity contribution >= 4 is 16.8 Å². The van der Waals surface area contributed by atoms with Gasteiger partial charge in [0.05, 0.1) is 30.2 Å². The average molecular weight is 315 g/mol. The van der Waals surface area contributed by atoms with E-state index in [4.69, 9.17) is 4.74 Å².